The number of rotatable bonds is 16. The predicted molar refractivity (Wildman–Crippen MR) is 277 cm³/mol. The Balaban J connectivity index is 0.850. The number of sulfonamides is 1. The van der Waals surface area contributed by atoms with Crippen LogP contribution in [0.15, 0.2) is 108 Å². The lowest BCUT2D eigenvalue weighted by Gasteiger charge is -2.58. The standard InChI is InChI=1S/C55H63FN8O8S/c1-36(2)44-6-4-5-7-45(44)51-35-61(34-38-8-10-41(70-3)11-9-38)22-23-63(51)40-30-55(31-40)17-20-62(21-18-55)49-29-52(72-42-26-39-14-19-57-53(39)59-33-42)46(28-47(49)56)54(65)60-73(68,69)43-12-13-48(50(27-43)64(66)67)58-32-37-15-24-71-25-16-37/h4-14,19,26-29,33,36-37,40,51,58H,15-18,20-25,30-32,34-35H2,1-3H3,(H,57,59)(H,60,65). The third-order valence-corrected chi connectivity index (χ3v) is 16.9. The van der Waals surface area contributed by atoms with Crippen molar-refractivity contribution in [1.82, 2.24) is 24.5 Å². The monoisotopic (exact) mass is 1010 g/mol. The van der Waals surface area contributed by atoms with Crippen molar-refractivity contribution < 1.29 is 36.7 Å². The van der Waals surface area contributed by atoms with Crippen molar-refractivity contribution in [3.05, 3.63) is 142 Å². The second-order valence-corrected chi connectivity index (χ2v) is 22.1. The minimum absolute atomic E-state index is 0.0812. The maximum Gasteiger partial charge on any atom is 0.293 e. The molecule has 0 bridgehead atoms. The lowest BCUT2D eigenvalue weighted by molar-refractivity contribution is -0.384. The van der Waals surface area contributed by atoms with Crippen molar-refractivity contribution in [2.75, 3.05) is 69.8 Å². The van der Waals surface area contributed by atoms with E-state index in [0.717, 1.165) is 88.0 Å². The van der Waals surface area contributed by atoms with E-state index >= 15 is 4.39 Å². The van der Waals surface area contributed by atoms with Crippen LogP contribution in [-0.2, 0) is 21.3 Å². The SMILES string of the molecule is COc1ccc(CN2CCN(C3CC4(CCN(c5cc(Oc6cnc7[nH]ccc7c6)c(C(=O)NS(=O)(=O)c6ccc(NCC7CCOCC7)c([N+](=O)[O-])c6)cc5F)CC4)C3)C(c3ccccc3C(C)C)C2)cc1. The fourth-order valence-corrected chi connectivity index (χ4v) is 12.4. The molecule has 1 spiro atoms. The van der Waals surface area contributed by atoms with Gasteiger partial charge in [-0.25, -0.2) is 22.5 Å². The minimum Gasteiger partial charge on any atom is -0.497 e. The van der Waals surface area contributed by atoms with Gasteiger partial charge in [-0.15, -0.1) is 0 Å². The van der Waals surface area contributed by atoms with Crippen molar-refractivity contribution in [3.63, 3.8) is 0 Å². The Hall–Kier alpha value is -6.60. The predicted octanol–water partition coefficient (Wildman–Crippen LogP) is 9.80. The van der Waals surface area contributed by atoms with Crippen LogP contribution in [0.2, 0.25) is 0 Å². The van der Waals surface area contributed by atoms with E-state index in [1.54, 1.807) is 25.4 Å². The van der Waals surface area contributed by atoms with E-state index in [0.29, 0.717) is 50.5 Å². The molecule has 6 aromatic rings. The molecule has 1 unspecified atom stereocenters. The molecule has 16 nitrogen and oxygen atoms in total. The third kappa shape index (κ3) is 10.9. The van der Waals surface area contributed by atoms with E-state index in [2.05, 4.69) is 75.3 Å². The number of anilines is 2. The minimum atomic E-state index is -4.70. The van der Waals surface area contributed by atoms with Gasteiger partial charge in [0, 0.05) is 94.8 Å². The van der Waals surface area contributed by atoms with Crippen LogP contribution in [0.3, 0.4) is 0 Å². The topological polar surface area (TPSA) is 184 Å². The van der Waals surface area contributed by atoms with Crippen molar-refractivity contribution in [2.24, 2.45) is 11.3 Å². The Labute approximate surface area is 425 Å². The van der Waals surface area contributed by atoms with Gasteiger partial charge in [-0.05, 0) is 115 Å². The van der Waals surface area contributed by atoms with Crippen molar-refractivity contribution in [3.8, 4) is 17.2 Å². The van der Waals surface area contributed by atoms with Crippen LogP contribution < -0.4 is 24.4 Å². The summed E-state index contributed by atoms with van der Waals surface area (Å²) in [4.78, 5) is 39.8. The van der Waals surface area contributed by atoms with Gasteiger partial charge in [-0.1, -0.05) is 50.2 Å². The normalized spacial score (nSPS) is 19.0. The van der Waals surface area contributed by atoms with Crippen LogP contribution in [0, 0.1) is 27.3 Å². The summed E-state index contributed by atoms with van der Waals surface area (Å²) in [5.41, 5.74) is 4.29. The molecule has 5 heterocycles. The molecule has 73 heavy (non-hydrogen) atoms. The summed E-state index contributed by atoms with van der Waals surface area (Å²) in [6.45, 7) is 11.1. The third-order valence-electron chi connectivity index (χ3n) is 15.5. The van der Waals surface area contributed by atoms with E-state index in [4.69, 9.17) is 14.2 Å². The number of benzene rings is 4. The number of fused-ring (bicyclic) bond motifs is 1. The molecular formula is C55H63FN8O8S. The highest BCUT2D eigenvalue weighted by atomic mass is 32.2. The van der Waals surface area contributed by atoms with Crippen molar-refractivity contribution >= 4 is 44.0 Å². The van der Waals surface area contributed by atoms with Crippen LogP contribution in [0.5, 0.6) is 17.2 Å². The number of hydrogen-bond acceptors (Lipinski definition) is 13. The quantitative estimate of drug-likeness (QED) is 0.0616. The van der Waals surface area contributed by atoms with Crippen LogP contribution in [-0.4, -0.2) is 105 Å². The smallest absolute Gasteiger partial charge is 0.293 e. The Morgan fingerprint density at radius 1 is 0.973 bits per heavy atom. The Morgan fingerprint density at radius 2 is 1.74 bits per heavy atom. The molecule has 384 valence electrons. The number of carbonyl (C=O) groups is 1. The zero-order chi connectivity index (χ0) is 50.9. The van der Waals surface area contributed by atoms with E-state index < -0.39 is 37.3 Å². The molecule has 4 aliphatic rings. The molecule has 1 amide bonds. The Morgan fingerprint density at radius 3 is 2.48 bits per heavy atom. The number of aromatic nitrogens is 2. The summed E-state index contributed by atoms with van der Waals surface area (Å²) < 4.78 is 63.3. The van der Waals surface area contributed by atoms with Crippen LogP contribution in [0.25, 0.3) is 11.0 Å². The van der Waals surface area contributed by atoms with Gasteiger partial charge in [0.2, 0.25) is 0 Å². The zero-order valence-electron chi connectivity index (χ0n) is 41.5. The number of nitrogens with zero attached hydrogens (tertiary/aromatic N) is 5. The number of amides is 1. The molecule has 10 rings (SSSR count). The van der Waals surface area contributed by atoms with Gasteiger partial charge in [0.05, 0.1) is 34.4 Å². The highest BCUT2D eigenvalue weighted by Crippen LogP contribution is 2.53. The Kier molecular flexibility index (Phi) is 14.4. The maximum absolute atomic E-state index is 16.6. The molecule has 3 aliphatic heterocycles. The van der Waals surface area contributed by atoms with Gasteiger partial charge in [-0.3, -0.25) is 24.7 Å². The summed E-state index contributed by atoms with van der Waals surface area (Å²) in [7, 11) is -3.01. The molecule has 3 N–H and O–H groups in total. The number of methoxy groups -OCH3 is 1. The first kappa shape index (κ1) is 50.0. The summed E-state index contributed by atoms with van der Waals surface area (Å²) >= 11 is 0. The summed E-state index contributed by atoms with van der Waals surface area (Å²) in [5.74, 6) is -0.244. The van der Waals surface area contributed by atoms with Gasteiger partial charge in [-0.2, -0.15) is 0 Å². The zero-order valence-corrected chi connectivity index (χ0v) is 42.3. The second-order valence-electron chi connectivity index (χ2n) is 20.5. The number of nitro benzene ring substituents is 1. The molecule has 1 atom stereocenters. The molecule has 18 heteroatoms. The van der Waals surface area contributed by atoms with Gasteiger partial charge >= 0.3 is 0 Å². The summed E-state index contributed by atoms with van der Waals surface area (Å²) in [5, 5.41) is 16.0. The van der Waals surface area contributed by atoms with E-state index in [1.165, 1.54) is 41.1 Å². The van der Waals surface area contributed by atoms with Crippen molar-refractivity contribution in [2.45, 2.75) is 81.8 Å². The summed E-state index contributed by atoms with van der Waals surface area (Å²) in [6.07, 6.45) is 8.60. The molecule has 3 saturated heterocycles. The lowest BCUT2D eigenvalue weighted by Crippen LogP contribution is -2.60. The Bertz CT molecular complexity index is 3080. The van der Waals surface area contributed by atoms with E-state index in [9.17, 15) is 23.3 Å². The molecule has 1 saturated carbocycles. The largest absolute Gasteiger partial charge is 0.497 e. The average molecular weight is 1020 g/mol. The molecule has 4 aromatic carbocycles. The molecule has 1 aliphatic carbocycles. The molecule has 0 radical (unpaired) electrons. The van der Waals surface area contributed by atoms with Crippen LogP contribution in [0.1, 0.15) is 91.4 Å². The number of ether oxygens (including phenoxy) is 3. The van der Waals surface area contributed by atoms with Gasteiger partial charge in [0.1, 0.15) is 34.4 Å². The van der Waals surface area contributed by atoms with Gasteiger partial charge in [0.15, 0.2) is 0 Å². The first-order valence-corrected chi connectivity index (χ1v) is 26.8. The average Bonchev–Trinajstić information content (AvgIpc) is 3.86. The van der Waals surface area contributed by atoms with E-state index in [-0.39, 0.29) is 45.8 Å². The number of piperidine rings is 1. The number of hydrogen-bond donors (Lipinski definition) is 3. The number of piperazine rings is 1. The molecular weight excluding hydrogens is 952 g/mol. The fraction of sp³-hybridized carbons (Fsp3) is 0.418. The number of nitro groups is 1. The number of carbonyl (C=O) groups excluding carboxylic acids is 1. The first-order valence-electron chi connectivity index (χ1n) is 25.3. The number of nitrogens with one attached hydrogen (secondary N) is 3. The van der Waals surface area contributed by atoms with E-state index in [1.807, 2.05) is 21.8 Å². The fourth-order valence-electron chi connectivity index (χ4n) is 11.4. The number of halogens is 1. The molecule has 4 fully saturated rings. The number of H-pyrrole nitrogens is 1. The van der Waals surface area contributed by atoms with Crippen LogP contribution in [0.4, 0.5) is 21.5 Å². The van der Waals surface area contributed by atoms with Crippen molar-refractivity contribution in [1.29, 1.82) is 0 Å². The lowest BCUT2D eigenvalue weighted by atomic mass is 9.59. The van der Waals surface area contributed by atoms with Gasteiger partial charge < -0.3 is 29.4 Å². The van der Waals surface area contributed by atoms with Crippen LogP contribution >= 0.6 is 0 Å². The first-order chi connectivity index (χ1) is 35.2. The molecule has 2 aromatic heterocycles. The number of pyridine rings is 1. The highest BCUT2D eigenvalue weighted by molar-refractivity contribution is 7.90. The number of aromatic amines is 1. The van der Waals surface area contributed by atoms with Gasteiger partial charge in [0.25, 0.3) is 21.6 Å². The summed E-state index contributed by atoms with van der Waals surface area (Å²) in [6, 6.07) is 27.3. The maximum atomic E-state index is 16.6. The highest BCUT2D eigenvalue weighted by Gasteiger charge is 2.50. The second kappa shape index (κ2) is 21.1.